The summed E-state index contributed by atoms with van der Waals surface area (Å²) in [6, 6.07) is 5.06. The van der Waals surface area contributed by atoms with Crippen LogP contribution in [0.15, 0.2) is 22.7 Å². The summed E-state index contributed by atoms with van der Waals surface area (Å²) < 4.78 is 0.746. The number of non-ortho nitro benzene ring substituents is 1. The van der Waals surface area contributed by atoms with Crippen LogP contribution in [-0.2, 0) is 0 Å². The maximum Gasteiger partial charge on any atom is 0.272 e. The normalized spacial score (nSPS) is 16.2. The van der Waals surface area contributed by atoms with Crippen LogP contribution >= 0.6 is 15.9 Å². The van der Waals surface area contributed by atoms with Crippen molar-refractivity contribution >= 4 is 27.3 Å². The number of nitrogens with one attached hydrogen (secondary N) is 1. The molecule has 1 aromatic rings. The Bertz CT molecular complexity index is 405. The number of anilines is 1. The third-order valence-electron chi connectivity index (χ3n) is 2.56. The van der Waals surface area contributed by atoms with E-state index in [4.69, 9.17) is 0 Å². The van der Waals surface area contributed by atoms with Crippen molar-refractivity contribution in [3.05, 3.63) is 32.8 Å². The van der Waals surface area contributed by atoms with Gasteiger partial charge in [-0.05, 0) is 6.07 Å². The van der Waals surface area contributed by atoms with Crippen LogP contribution in [0.1, 0.15) is 0 Å². The molecule has 0 bridgehead atoms. The van der Waals surface area contributed by atoms with E-state index in [-0.39, 0.29) is 10.6 Å². The van der Waals surface area contributed by atoms with E-state index in [1.807, 2.05) is 6.07 Å². The second-order valence-corrected chi connectivity index (χ2v) is 4.58. The largest absolute Gasteiger partial charge is 0.369 e. The van der Waals surface area contributed by atoms with Crippen LogP contribution in [0, 0.1) is 10.1 Å². The minimum Gasteiger partial charge on any atom is -0.369 e. The van der Waals surface area contributed by atoms with E-state index in [0.29, 0.717) is 0 Å². The number of benzene rings is 1. The molecule has 0 aliphatic carbocycles. The summed E-state index contributed by atoms with van der Waals surface area (Å²) in [7, 11) is 0. The quantitative estimate of drug-likeness (QED) is 0.665. The average molecular weight is 286 g/mol. The van der Waals surface area contributed by atoms with Gasteiger partial charge in [0.1, 0.15) is 0 Å². The second kappa shape index (κ2) is 4.80. The molecule has 86 valence electrons. The fraction of sp³-hybridized carbons (Fsp3) is 0.400. The minimum absolute atomic E-state index is 0.128. The maximum absolute atomic E-state index is 10.7. The summed E-state index contributed by atoms with van der Waals surface area (Å²) in [5.74, 6) is 0. The zero-order valence-electron chi connectivity index (χ0n) is 8.65. The van der Waals surface area contributed by atoms with Crippen LogP contribution in [0.3, 0.4) is 0 Å². The molecule has 1 saturated heterocycles. The number of halogens is 1. The molecule has 0 spiro atoms. The van der Waals surface area contributed by atoms with Crippen LogP contribution in [0.4, 0.5) is 11.4 Å². The van der Waals surface area contributed by atoms with Gasteiger partial charge < -0.3 is 10.2 Å². The number of rotatable bonds is 2. The summed E-state index contributed by atoms with van der Waals surface area (Å²) in [6.45, 7) is 3.60. The molecule has 1 fully saturated rings. The zero-order valence-corrected chi connectivity index (χ0v) is 10.2. The van der Waals surface area contributed by atoms with Crippen LogP contribution in [0.25, 0.3) is 0 Å². The van der Waals surface area contributed by atoms with E-state index < -0.39 is 0 Å². The maximum atomic E-state index is 10.7. The van der Waals surface area contributed by atoms with Crippen molar-refractivity contribution in [3.8, 4) is 0 Å². The first kappa shape index (κ1) is 11.3. The van der Waals surface area contributed by atoms with Crippen LogP contribution < -0.4 is 10.2 Å². The number of nitro groups is 1. The molecule has 1 aliphatic rings. The smallest absolute Gasteiger partial charge is 0.272 e. The van der Waals surface area contributed by atoms with Crippen molar-refractivity contribution < 1.29 is 4.92 Å². The summed E-state index contributed by atoms with van der Waals surface area (Å²) in [5.41, 5.74) is 1.03. The molecule has 0 radical (unpaired) electrons. The van der Waals surface area contributed by atoms with Crippen molar-refractivity contribution in [1.82, 2.24) is 5.32 Å². The first-order valence-corrected chi connectivity index (χ1v) is 5.87. The Morgan fingerprint density at radius 2 is 2.00 bits per heavy atom. The Kier molecular flexibility index (Phi) is 3.40. The Morgan fingerprint density at radius 1 is 1.31 bits per heavy atom. The molecule has 0 aromatic heterocycles. The van der Waals surface area contributed by atoms with Gasteiger partial charge in [-0.2, -0.15) is 0 Å². The fourth-order valence-electron chi connectivity index (χ4n) is 1.77. The van der Waals surface area contributed by atoms with E-state index in [0.717, 1.165) is 36.3 Å². The molecular weight excluding hydrogens is 274 g/mol. The van der Waals surface area contributed by atoms with Crippen LogP contribution in [-0.4, -0.2) is 31.1 Å². The van der Waals surface area contributed by atoms with Crippen LogP contribution in [0.5, 0.6) is 0 Å². The molecule has 6 heteroatoms. The Balaban J connectivity index is 2.28. The topological polar surface area (TPSA) is 58.4 Å². The van der Waals surface area contributed by atoms with Gasteiger partial charge in [0.05, 0.1) is 4.92 Å². The third-order valence-corrected chi connectivity index (χ3v) is 3.02. The second-order valence-electron chi connectivity index (χ2n) is 3.66. The molecule has 1 aromatic carbocycles. The van der Waals surface area contributed by atoms with E-state index in [1.165, 1.54) is 6.07 Å². The highest BCUT2D eigenvalue weighted by Crippen LogP contribution is 2.27. The lowest BCUT2D eigenvalue weighted by molar-refractivity contribution is -0.384. The predicted octanol–water partition coefficient (Wildman–Crippen LogP) is 1.77. The SMILES string of the molecule is O=[N+]([O-])c1cc(Br)cc(N2CCNCC2)c1. The van der Waals surface area contributed by atoms with Gasteiger partial charge in [0.25, 0.3) is 5.69 Å². The minimum atomic E-state index is -0.365. The van der Waals surface area contributed by atoms with Gasteiger partial charge in [0.2, 0.25) is 0 Å². The van der Waals surface area contributed by atoms with Gasteiger partial charge in [-0.15, -0.1) is 0 Å². The molecule has 0 atom stereocenters. The molecule has 5 nitrogen and oxygen atoms in total. The number of nitrogens with zero attached hydrogens (tertiary/aromatic N) is 2. The summed E-state index contributed by atoms with van der Waals surface area (Å²) in [4.78, 5) is 12.5. The molecule has 0 saturated carbocycles. The van der Waals surface area contributed by atoms with E-state index in [9.17, 15) is 10.1 Å². The highest BCUT2D eigenvalue weighted by Gasteiger charge is 2.15. The van der Waals surface area contributed by atoms with Gasteiger partial charge in [0.15, 0.2) is 0 Å². The molecule has 1 heterocycles. The molecule has 1 aliphatic heterocycles. The standard InChI is InChI=1S/C10H12BrN3O2/c11-8-5-9(7-10(6-8)14(15)16)13-3-1-12-2-4-13/h5-7,12H,1-4H2. The lowest BCUT2D eigenvalue weighted by atomic mass is 10.2. The van der Waals surface area contributed by atoms with Gasteiger partial charge in [-0.1, -0.05) is 15.9 Å². The predicted molar refractivity (Wildman–Crippen MR) is 65.9 cm³/mol. The van der Waals surface area contributed by atoms with Crippen molar-refractivity contribution in [1.29, 1.82) is 0 Å². The molecule has 1 N–H and O–H groups in total. The molecule has 0 amide bonds. The molecule has 2 rings (SSSR count). The molecule has 0 unspecified atom stereocenters. The van der Waals surface area contributed by atoms with Gasteiger partial charge >= 0.3 is 0 Å². The number of nitro benzene ring substituents is 1. The van der Waals surface area contributed by atoms with Crippen molar-refractivity contribution in [2.45, 2.75) is 0 Å². The summed E-state index contributed by atoms with van der Waals surface area (Å²) in [6.07, 6.45) is 0. The number of hydrogen-bond donors (Lipinski definition) is 1. The fourth-order valence-corrected chi connectivity index (χ4v) is 2.24. The lowest BCUT2D eigenvalue weighted by Crippen LogP contribution is -2.43. The Morgan fingerprint density at radius 3 is 2.62 bits per heavy atom. The zero-order chi connectivity index (χ0) is 11.5. The van der Waals surface area contributed by atoms with Gasteiger partial charge in [-0.25, -0.2) is 0 Å². The third kappa shape index (κ3) is 2.51. The highest BCUT2D eigenvalue weighted by atomic mass is 79.9. The summed E-state index contributed by atoms with van der Waals surface area (Å²) in [5, 5.41) is 14.0. The van der Waals surface area contributed by atoms with Crippen molar-refractivity contribution in [2.75, 3.05) is 31.1 Å². The van der Waals surface area contributed by atoms with Crippen molar-refractivity contribution in [3.63, 3.8) is 0 Å². The van der Waals surface area contributed by atoms with Crippen molar-refractivity contribution in [2.24, 2.45) is 0 Å². The number of piperazine rings is 1. The lowest BCUT2D eigenvalue weighted by Gasteiger charge is -2.29. The first-order chi connectivity index (χ1) is 7.66. The summed E-state index contributed by atoms with van der Waals surface area (Å²) >= 11 is 3.30. The Hall–Kier alpha value is -1.14. The highest BCUT2D eigenvalue weighted by molar-refractivity contribution is 9.10. The molecular formula is C10H12BrN3O2. The van der Waals surface area contributed by atoms with Crippen LogP contribution in [0.2, 0.25) is 0 Å². The van der Waals surface area contributed by atoms with Gasteiger partial charge in [-0.3, -0.25) is 10.1 Å². The first-order valence-electron chi connectivity index (χ1n) is 5.07. The Labute approximate surface area is 102 Å². The monoisotopic (exact) mass is 285 g/mol. The average Bonchev–Trinajstić information content (AvgIpc) is 2.29. The van der Waals surface area contributed by atoms with E-state index in [2.05, 4.69) is 26.1 Å². The molecule has 16 heavy (non-hydrogen) atoms. The van der Waals surface area contributed by atoms with E-state index in [1.54, 1.807) is 6.07 Å². The van der Waals surface area contributed by atoms with Gasteiger partial charge in [0, 0.05) is 48.5 Å². The number of hydrogen-bond acceptors (Lipinski definition) is 4. The van der Waals surface area contributed by atoms with E-state index >= 15 is 0 Å².